The molecule has 3 fully saturated rings. The van der Waals surface area contributed by atoms with Crippen molar-refractivity contribution in [2.45, 2.75) is 43.4 Å². The average Bonchev–Trinajstić information content (AvgIpc) is 2.85. The Balaban J connectivity index is 2.03. The van der Waals surface area contributed by atoms with Crippen LogP contribution in [0, 0.1) is 17.8 Å². The van der Waals surface area contributed by atoms with Crippen molar-refractivity contribution >= 4 is 16.1 Å². The summed E-state index contributed by atoms with van der Waals surface area (Å²) < 4.78 is 71.7. The van der Waals surface area contributed by atoms with Gasteiger partial charge in [0.15, 0.2) is 4.75 Å². The van der Waals surface area contributed by atoms with Crippen LogP contribution in [0.5, 0.6) is 0 Å². The van der Waals surface area contributed by atoms with E-state index in [2.05, 4.69) is 6.58 Å². The zero-order chi connectivity index (χ0) is 16.7. The Morgan fingerprint density at radius 1 is 1.41 bits per heavy atom. The van der Waals surface area contributed by atoms with Crippen LogP contribution in [-0.4, -0.2) is 37.5 Å². The van der Waals surface area contributed by atoms with E-state index in [-0.39, 0.29) is 5.57 Å². The van der Waals surface area contributed by atoms with Gasteiger partial charge in [0, 0.05) is 17.4 Å². The van der Waals surface area contributed by atoms with Gasteiger partial charge in [-0.2, -0.15) is 21.6 Å². The van der Waals surface area contributed by atoms with Crippen molar-refractivity contribution in [1.82, 2.24) is 0 Å². The van der Waals surface area contributed by atoms with Crippen LogP contribution in [0.4, 0.5) is 13.2 Å². The van der Waals surface area contributed by atoms with Crippen molar-refractivity contribution in [2.24, 2.45) is 17.8 Å². The van der Waals surface area contributed by atoms with Gasteiger partial charge in [0.05, 0.1) is 0 Å². The maximum absolute atomic E-state index is 13.5. The van der Waals surface area contributed by atoms with Crippen molar-refractivity contribution in [1.29, 1.82) is 0 Å². The van der Waals surface area contributed by atoms with Crippen LogP contribution >= 0.6 is 0 Å². The van der Waals surface area contributed by atoms with Crippen LogP contribution in [0.1, 0.15) is 20.3 Å². The van der Waals surface area contributed by atoms with Crippen LogP contribution in [0.15, 0.2) is 12.2 Å². The average molecular weight is 340 g/mol. The molecule has 124 valence electrons. The van der Waals surface area contributed by atoms with Crippen LogP contribution in [0.2, 0.25) is 0 Å². The van der Waals surface area contributed by atoms with Crippen molar-refractivity contribution in [3.63, 3.8) is 0 Å². The molecule has 2 bridgehead atoms. The molecule has 0 amide bonds. The molecule has 6 atom stereocenters. The lowest BCUT2D eigenvalue weighted by Gasteiger charge is -2.33. The summed E-state index contributed by atoms with van der Waals surface area (Å²) in [6.45, 7) is 6.37. The molecule has 3 aliphatic rings. The van der Waals surface area contributed by atoms with Gasteiger partial charge in [-0.3, -0.25) is 4.18 Å². The number of esters is 1. The molecule has 9 heteroatoms. The zero-order valence-corrected chi connectivity index (χ0v) is 12.7. The molecule has 0 aromatic rings. The number of rotatable bonds is 2. The van der Waals surface area contributed by atoms with Crippen LogP contribution in [0.3, 0.4) is 0 Å². The van der Waals surface area contributed by atoms with Crippen LogP contribution in [-0.2, 0) is 23.8 Å². The van der Waals surface area contributed by atoms with Crippen molar-refractivity contribution in [2.75, 3.05) is 0 Å². The standard InChI is InChI=1S/C13H15F3O5S/c1-5(2)11(17)20-9-7-4-12(13(14,15)16)8(6(7)3)10(9)21-22(12,18)19/h6-10H,1,4H2,2-3H3/t6-,7?,8?,9?,10?,12?/m1/s1. The van der Waals surface area contributed by atoms with Gasteiger partial charge in [-0.15, -0.1) is 0 Å². The lowest BCUT2D eigenvalue weighted by molar-refractivity contribution is -0.180. The molecule has 1 heterocycles. The van der Waals surface area contributed by atoms with Gasteiger partial charge in [-0.25, -0.2) is 4.79 Å². The van der Waals surface area contributed by atoms with Crippen LogP contribution in [0.25, 0.3) is 0 Å². The Kier molecular flexibility index (Phi) is 3.05. The molecule has 0 aromatic heterocycles. The highest BCUT2D eigenvalue weighted by Gasteiger charge is 2.84. The van der Waals surface area contributed by atoms with Crippen LogP contribution < -0.4 is 0 Å². The molecule has 0 N–H and O–H groups in total. The summed E-state index contributed by atoms with van der Waals surface area (Å²) in [6, 6.07) is 0. The molecule has 1 aliphatic heterocycles. The predicted molar refractivity (Wildman–Crippen MR) is 68.0 cm³/mol. The molecule has 22 heavy (non-hydrogen) atoms. The summed E-state index contributed by atoms with van der Waals surface area (Å²) in [7, 11) is -4.81. The number of ether oxygens (including phenoxy) is 1. The summed E-state index contributed by atoms with van der Waals surface area (Å²) in [5.74, 6) is -3.26. The van der Waals surface area contributed by atoms with E-state index in [0.29, 0.717) is 0 Å². The molecule has 3 rings (SSSR count). The first-order valence-corrected chi connectivity index (χ1v) is 8.21. The summed E-state index contributed by atoms with van der Waals surface area (Å²) in [6.07, 6.45) is -7.81. The fraction of sp³-hybridized carbons (Fsp3) is 0.769. The number of hydrogen-bond acceptors (Lipinski definition) is 5. The highest BCUT2D eigenvalue weighted by Crippen LogP contribution is 2.68. The van der Waals surface area contributed by atoms with Gasteiger partial charge in [0.25, 0.3) is 10.1 Å². The molecule has 0 spiro atoms. The third kappa shape index (κ3) is 1.63. The molecule has 2 saturated carbocycles. The highest BCUT2D eigenvalue weighted by atomic mass is 32.2. The largest absolute Gasteiger partial charge is 0.456 e. The Bertz CT molecular complexity index is 655. The third-order valence-electron chi connectivity index (χ3n) is 5.17. The number of carbonyl (C=O) groups is 1. The minimum absolute atomic E-state index is 0.0957. The Hall–Kier alpha value is -1.09. The maximum atomic E-state index is 13.5. The second-order valence-corrected chi connectivity index (χ2v) is 8.13. The minimum Gasteiger partial charge on any atom is -0.456 e. The van der Waals surface area contributed by atoms with E-state index in [1.807, 2.05) is 0 Å². The second-order valence-electron chi connectivity index (χ2n) is 6.31. The first-order chi connectivity index (χ1) is 9.94. The fourth-order valence-electron chi connectivity index (χ4n) is 4.23. The first-order valence-electron chi connectivity index (χ1n) is 6.80. The van der Waals surface area contributed by atoms with Gasteiger partial charge in [-0.1, -0.05) is 13.5 Å². The number of halogens is 3. The zero-order valence-electron chi connectivity index (χ0n) is 11.9. The molecule has 5 unspecified atom stereocenters. The molecule has 2 aliphatic carbocycles. The van der Waals surface area contributed by atoms with Gasteiger partial charge in [0.2, 0.25) is 0 Å². The van der Waals surface area contributed by atoms with Gasteiger partial charge >= 0.3 is 12.1 Å². The Labute approximate surface area is 125 Å². The van der Waals surface area contributed by atoms with E-state index >= 15 is 0 Å². The third-order valence-corrected chi connectivity index (χ3v) is 7.21. The van der Waals surface area contributed by atoms with Gasteiger partial charge < -0.3 is 4.74 Å². The fourth-order valence-corrected chi connectivity index (χ4v) is 6.29. The first kappa shape index (κ1) is 15.8. The number of carbonyl (C=O) groups excluding carboxylic acids is 1. The number of alkyl halides is 3. The number of fused-ring (bicyclic) bond motifs is 1. The van der Waals surface area contributed by atoms with Crippen molar-refractivity contribution in [3.05, 3.63) is 12.2 Å². The lowest BCUT2D eigenvalue weighted by atomic mass is 9.83. The van der Waals surface area contributed by atoms with E-state index in [1.165, 1.54) is 6.92 Å². The Morgan fingerprint density at radius 2 is 2.00 bits per heavy atom. The van der Waals surface area contributed by atoms with Crippen molar-refractivity contribution in [3.8, 4) is 0 Å². The Morgan fingerprint density at radius 3 is 2.50 bits per heavy atom. The van der Waals surface area contributed by atoms with E-state index in [4.69, 9.17) is 8.92 Å². The smallest absolute Gasteiger partial charge is 0.410 e. The topological polar surface area (TPSA) is 69.7 Å². The monoisotopic (exact) mass is 340 g/mol. The minimum atomic E-state index is -4.92. The van der Waals surface area contributed by atoms with Gasteiger partial charge in [0.1, 0.15) is 12.2 Å². The SMILES string of the molecule is C=C(C)C(=O)OC1C2OS(=O)(=O)C3(C(F)(F)F)CC1[C@@H](C)C23. The predicted octanol–water partition coefficient (Wildman–Crippen LogP) is 1.79. The quantitative estimate of drug-likeness (QED) is 0.435. The highest BCUT2D eigenvalue weighted by molar-refractivity contribution is 7.88. The molecule has 0 aromatic carbocycles. The van der Waals surface area contributed by atoms with Crippen molar-refractivity contribution < 1.29 is 35.3 Å². The lowest BCUT2D eigenvalue weighted by Crippen LogP contribution is -2.54. The summed E-state index contributed by atoms with van der Waals surface area (Å²) >= 11 is 0. The van der Waals surface area contributed by atoms with E-state index in [0.717, 1.165) is 0 Å². The van der Waals surface area contributed by atoms with E-state index in [1.54, 1.807) is 6.92 Å². The van der Waals surface area contributed by atoms with E-state index < -0.39 is 63.4 Å². The molecule has 1 saturated heterocycles. The second kappa shape index (κ2) is 4.25. The van der Waals surface area contributed by atoms with Gasteiger partial charge in [-0.05, 0) is 19.3 Å². The molecule has 0 radical (unpaired) electrons. The molecular weight excluding hydrogens is 325 g/mol. The van der Waals surface area contributed by atoms with E-state index in [9.17, 15) is 26.4 Å². The normalized spacial score (nSPS) is 45.0. The summed E-state index contributed by atoms with van der Waals surface area (Å²) in [5.41, 5.74) is 0.0957. The maximum Gasteiger partial charge on any atom is 0.410 e. The molecular formula is C13H15F3O5S. The summed E-state index contributed by atoms with van der Waals surface area (Å²) in [5, 5.41) is 0. The molecule has 5 nitrogen and oxygen atoms in total. The number of hydrogen-bond donors (Lipinski definition) is 0. The summed E-state index contributed by atoms with van der Waals surface area (Å²) in [4.78, 5) is 11.6.